The van der Waals surface area contributed by atoms with Crippen LogP contribution in [0.25, 0.3) is 10.8 Å². The van der Waals surface area contributed by atoms with E-state index in [1.165, 1.54) is 5.39 Å². The Morgan fingerprint density at radius 1 is 1.00 bits per heavy atom. The molecule has 0 unspecified atom stereocenters. The van der Waals surface area contributed by atoms with E-state index in [0.29, 0.717) is 0 Å². The molecule has 2 aromatic carbocycles. The zero-order valence-corrected chi connectivity index (χ0v) is 9.80. The van der Waals surface area contributed by atoms with Crippen LogP contribution >= 0.6 is 0 Å². The molecule has 0 aliphatic heterocycles. The molecule has 2 heteroatoms. The van der Waals surface area contributed by atoms with Gasteiger partial charge in [0, 0.05) is 0 Å². The van der Waals surface area contributed by atoms with E-state index in [1.807, 2.05) is 42.5 Å². The van der Waals surface area contributed by atoms with Gasteiger partial charge >= 0.3 is 89.9 Å². The number of hydrogen-bond donors (Lipinski definition) is 0. The Bertz CT molecular complexity index is 462. The number of carbonyl (C=O) groups is 1. The van der Waals surface area contributed by atoms with Crippen LogP contribution in [0.15, 0.2) is 42.5 Å². The van der Waals surface area contributed by atoms with Crippen molar-refractivity contribution in [3.63, 3.8) is 0 Å². The quantitative estimate of drug-likeness (QED) is 0.728. The van der Waals surface area contributed by atoms with Crippen molar-refractivity contribution in [3.8, 4) is 0 Å². The third-order valence-electron chi connectivity index (χ3n) is 2.01. The summed E-state index contributed by atoms with van der Waals surface area (Å²) in [7, 11) is 0. The molecule has 61 valence electrons. The van der Waals surface area contributed by atoms with Gasteiger partial charge in [-0.05, 0) is 0 Å². The van der Waals surface area contributed by atoms with E-state index >= 15 is 0 Å². The molecule has 0 fully saturated rings. The van der Waals surface area contributed by atoms with E-state index in [1.54, 1.807) is 0 Å². The van der Waals surface area contributed by atoms with Crippen LogP contribution in [0.5, 0.6) is 0 Å². The van der Waals surface area contributed by atoms with Gasteiger partial charge in [0.05, 0.1) is 0 Å². The molecular formula is C11H7OSn. The van der Waals surface area contributed by atoms with Crippen LogP contribution in [0.1, 0.15) is 10.4 Å². The van der Waals surface area contributed by atoms with Crippen molar-refractivity contribution >= 4 is 37.1 Å². The summed E-state index contributed by atoms with van der Waals surface area (Å²) >= 11 is 0.943. The fraction of sp³-hybridized carbons (Fsp3) is 0. The molecule has 0 aliphatic rings. The van der Waals surface area contributed by atoms with Gasteiger partial charge in [0.25, 0.3) is 0 Å². The Morgan fingerprint density at radius 2 is 1.69 bits per heavy atom. The predicted octanol–water partition coefficient (Wildman–Crippen LogP) is 2.15. The minimum absolute atomic E-state index is 0.206. The number of fused-ring (bicyclic) bond motifs is 1. The Morgan fingerprint density at radius 3 is 2.38 bits per heavy atom. The molecule has 3 radical (unpaired) electrons. The van der Waals surface area contributed by atoms with Crippen LogP contribution in [0.3, 0.4) is 0 Å². The van der Waals surface area contributed by atoms with Crippen molar-refractivity contribution in [2.45, 2.75) is 0 Å². The van der Waals surface area contributed by atoms with Gasteiger partial charge in [0.2, 0.25) is 0 Å². The molecule has 0 heterocycles. The molecule has 0 saturated carbocycles. The number of benzene rings is 2. The molecule has 0 saturated heterocycles. The predicted molar refractivity (Wildman–Crippen MR) is 54.0 cm³/mol. The minimum atomic E-state index is 0.206. The Labute approximate surface area is 89.8 Å². The van der Waals surface area contributed by atoms with Gasteiger partial charge < -0.3 is 0 Å². The van der Waals surface area contributed by atoms with Crippen LogP contribution in [-0.4, -0.2) is 26.3 Å². The number of rotatable bonds is 1. The molecule has 13 heavy (non-hydrogen) atoms. The van der Waals surface area contributed by atoms with Crippen molar-refractivity contribution < 1.29 is 4.79 Å². The summed E-state index contributed by atoms with van der Waals surface area (Å²) in [6.07, 6.45) is 0. The summed E-state index contributed by atoms with van der Waals surface area (Å²) in [4.78, 5) is 11.1. The zero-order valence-electron chi connectivity index (χ0n) is 6.95. The molecule has 0 bridgehead atoms. The van der Waals surface area contributed by atoms with Crippen molar-refractivity contribution in [3.05, 3.63) is 48.0 Å². The number of carbonyl (C=O) groups excluding carboxylic acids is 1. The van der Waals surface area contributed by atoms with E-state index in [0.717, 1.165) is 33.5 Å². The van der Waals surface area contributed by atoms with Crippen molar-refractivity contribution in [2.75, 3.05) is 0 Å². The van der Waals surface area contributed by atoms with Gasteiger partial charge in [-0.15, -0.1) is 0 Å². The Kier molecular flexibility index (Phi) is 2.36. The van der Waals surface area contributed by atoms with Crippen LogP contribution in [0, 0.1) is 0 Å². The molecule has 0 spiro atoms. The van der Waals surface area contributed by atoms with Crippen LogP contribution < -0.4 is 0 Å². The van der Waals surface area contributed by atoms with E-state index in [9.17, 15) is 4.79 Å². The van der Waals surface area contributed by atoms with Crippen LogP contribution in [0.2, 0.25) is 0 Å². The van der Waals surface area contributed by atoms with E-state index in [4.69, 9.17) is 0 Å². The standard InChI is InChI=1S/C11H7O.Sn/c12-8-9-5-6-10-3-1-2-4-11(10)7-9;/h1-7H;. The molecule has 0 atom stereocenters. The first-order valence-corrected chi connectivity index (χ1v) is 5.45. The molecule has 2 aromatic rings. The van der Waals surface area contributed by atoms with E-state index in [2.05, 4.69) is 0 Å². The molecule has 0 amide bonds. The maximum absolute atomic E-state index is 11.1. The van der Waals surface area contributed by atoms with Gasteiger partial charge in [-0.3, -0.25) is 0 Å². The summed E-state index contributed by atoms with van der Waals surface area (Å²) < 4.78 is 0.206. The Balaban J connectivity index is 2.69. The second-order valence-corrected chi connectivity index (χ2v) is 4.19. The molecule has 2 rings (SSSR count). The topological polar surface area (TPSA) is 17.1 Å². The second-order valence-electron chi connectivity index (χ2n) is 2.89. The van der Waals surface area contributed by atoms with Gasteiger partial charge in [0.1, 0.15) is 0 Å². The van der Waals surface area contributed by atoms with Crippen molar-refractivity contribution in [1.29, 1.82) is 0 Å². The maximum atomic E-state index is 11.1. The first kappa shape index (κ1) is 8.75. The first-order valence-electron chi connectivity index (χ1n) is 4.02. The van der Waals surface area contributed by atoms with Gasteiger partial charge in [-0.1, -0.05) is 0 Å². The Hall–Kier alpha value is -0.831. The fourth-order valence-corrected chi connectivity index (χ4v) is 1.77. The molecular weight excluding hydrogens is 267 g/mol. The average molecular weight is 274 g/mol. The van der Waals surface area contributed by atoms with Crippen molar-refractivity contribution in [1.82, 2.24) is 0 Å². The fourth-order valence-electron chi connectivity index (χ4n) is 1.33. The molecule has 0 aromatic heterocycles. The summed E-state index contributed by atoms with van der Waals surface area (Å²) in [5.41, 5.74) is 0.817. The third-order valence-corrected chi connectivity index (χ3v) is 2.84. The van der Waals surface area contributed by atoms with Crippen LogP contribution in [-0.2, 0) is 0 Å². The number of hydrogen-bond acceptors (Lipinski definition) is 1. The monoisotopic (exact) mass is 275 g/mol. The van der Waals surface area contributed by atoms with Crippen LogP contribution in [0.4, 0.5) is 0 Å². The van der Waals surface area contributed by atoms with E-state index < -0.39 is 0 Å². The van der Waals surface area contributed by atoms with E-state index in [-0.39, 0.29) is 3.80 Å². The molecule has 1 nitrogen and oxygen atoms in total. The summed E-state index contributed by atoms with van der Waals surface area (Å²) in [5.74, 6) is 0. The summed E-state index contributed by atoms with van der Waals surface area (Å²) in [5, 5.41) is 2.32. The molecule has 0 N–H and O–H groups in total. The molecule has 0 aliphatic carbocycles. The average Bonchev–Trinajstić information content (AvgIpc) is 2.17. The summed E-state index contributed by atoms with van der Waals surface area (Å²) in [6, 6.07) is 13.9. The van der Waals surface area contributed by atoms with Gasteiger partial charge in [-0.25, -0.2) is 0 Å². The zero-order chi connectivity index (χ0) is 9.26. The second kappa shape index (κ2) is 3.50. The van der Waals surface area contributed by atoms with Crippen molar-refractivity contribution in [2.24, 2.45) is 0 Å². The first-order chi connectivity index (χ1) is 6.27. The van der Waals surface area contributed by atoms with Gasteiger partial charge in [-0.2, -0.15) is 0 Å². The van der Waals surface area contributed by atoms with Gasteiger partial charge in [0.15, 0.2) is 0 Å². The summed E-state index contributed by atoms with van der Waals surface area (Å²) in [6.45, 7) is 0. The SMILES string of the molecule is O=[C]([Sn])c1ccc2ccccc2c1. The normalized spacial score (nSPS) is 10.2. The third kappa shape index (κ3) is 1.75.